The van der Waals surface area contributed by atoms with Gasteiger partial charge in [-0.25, -0.2) is 0 Å². The highest BCUT2D eigenvalue weighted by molar-refractivity contribution is 7.80. The van der Waals surface area contributed by atoms with Crippen LogP contribution in [0.4, 0.5) is 5.69 Å². The van der Waals surface area contributed by atoms with Gasteiger partial charge in [0, 0.05) is 18.9 Å². The molecule has 0 bridgehead atoms. The Morgan fingerprint density at radius 1 is 0.571 bits per heavy atom. The topological polar surface area (TPSA) is 62.9 Å². The van der Waals surface area contributed by atoms with Crippen LogP contribution in [-0.2, 0) is 0 Å². The van der Waals surface area contributed by atoms with Gasteiger partial charge in [-0.05, 0) is 30.3 Å². The smallest absolute Gasteiger partial charge is 0.130 e. The molecule has 146 valence electrons. The number of hydrogen-bond donors (Lipinski definition) is 1. The Hall–Kier alpha value is -2.91. The summed E-state index contributed by atoms with van der Waals surface area (Å²) in [6.07, 6.45) is 0. The number of rotatable bonds is 7. The highest BCUT2D eigenvalue weighted by Crippen LogP contribution is 2.46. The van der Waals surface area contributed by atoms with E-state index in [9.17, 15) is 0 Å². The normalized spacial score (nSPS) is 10.6. The number of hydrogen-bond acceptors (Lipinski definition) is 5. The molecule has 0 radical (unpaired) electrons. The lowest BCUT2D eigenvalue weighted by atomic mass is 10.3. The summed E-state index contributed by atoms with van der Waals surface area (Å²) in [6, 6.07) is 19.3. The summed E-state index contributed by atoms with van der Waals surface area (Å²) in [7, 11) is 5.41. The van der Waals surface area contributed by atoms with E-state index in [1.807, 2.05) is 60.7 Å². The van der Waals surface area contributed by atoms with Gasteiger partial charge < -0.3 is 24.7 Å². The molecule has 0 aromatic heterocycles. The van der Waals surface area contributed by atoms with Crippen molar-refractivity contribution in [2.24, 2.45) is 0 Å². The van der Waals surface area contributed by atoms with Gasteiger partial charge in [0.1, 0.15) is 23.0 Å². The van der Waals surface area contributed by atoms with Crippen LogP contribution < -0.4 is 40.6 Å². The standard InChI is InChI=1S/C22H24NO4P/c1-24-16-10-7-11-17(25-2)21(16)28(20-14-6-5-9-15(20)23)22-18(26-3)12-8-13-19(22)27-4/h5-14H,23H2,1-4H3. The maximum atomic E-state index is 6.42. The number of para-hydroxylation sites is 1. The lowest BCUT2D eigenvalue weighted by molar-refractivity contribution is 0.399. The highest BCUT2D eigenvalue weighted by Gasteiger charge is 2.31. The molecule has 3 aromatic rings. The molecule has 0 fully saturated rings. The zero-order valence-electron chi connectivity index (χ0n) is 16.4. The van der Waals surface area contributed by atoms with E-state index < -0.39 is 7.92 Å². The van der Waals surface area contributed by atoms with Crippen LogP contribution in [0.5, 0.6) is 23.0 Å². The number of ether oxygens (including phenoxy) is 4. The first kappa shape index (κ1) is 19.8. The summed E-state index contributed by atoms with van der Waals surface area (Å²) in [5, 5.41) is 2.81. The molecule has 0 saturated heterocycles. The van der Waals surface area contributed by atoms with E-state index in [0.29, 0.717) is 5.69 Å². The molecule has 0 spiro atoms. The van der Waals surface area contributed by atoms with Crippen LogP contribution in [0.15, 0.2) is 60.7 Å². The minimum absolute atomic E-state index is 0.689. The zero-order valence-corrected chi connectivity index (χ0v) is 17.3. The highest BCUT2D eigenvalue weighted by atomic mass is 31.1. The Kier molecular flexibility index (Phi) is 6.27. The minimum atomic E-state index is -1.20. The van der Waals surface area contributed by atoms with Crippen LogP contribution >= 0.6 is 7.92 Å². The average Bonchev–Trinajstić information content (AvgIpc) is 2.75. The third-order valence-electron chi connectivity index (χ3n) is 4.43. The second kappa shape index (κ2) is 8.85. The van der Waals surface area contributed by atoms with E-state index in [1.165, 1.54) is 0 Å². The number of nitrogen functional groups attached to an aromatic ring is 1. The lowest BCUT2D eigenvalue weighted by Gasteiger charge is -2.27. The predicted octanol–water partition coefficient (Wildman–Crippen LogP) is 3.06. The van der Waals surface area contributed by atoms with Gasteiger partial charge in [0.2, 0.25) is 0 Å². The van der Waals surface area contributed by atoms with Crippen molar-refractivity contribution >= 4 is 29.5 Å². The van der Waals surface area contributed by atoms with Gasteiger partial charge in [0.25, 0.3) is 0 Å². The average molecular weight is 397 g/mol. The van der Waals surface area contributed by atoms with Crippen molar-refractivity contribution in [1.29, 1.82) is 0 Å². The van der Waals surface area contributed by atoms with Gasteiger partial charge >= 0.3 is 0 Å². The summed E-state index contributed by atoms with van der Waals surface area (Å²) < 4.78 is 22.8. The summed E-state index contributed by atoms with van der Waals surface area (Å²) in [5.41, 5.74) is 7.10. The molecular weight excluding hydrogens is 373 g/mol. The molecule has 0 aliphatic carbocycles. The number of anilines is 1. The SMILES string of the molecule is COc1cccc(OC)c1P(c1ccccc1N)c1c(OC)cccc1OC. The fraction of sp³-hybridized carbons (Fsp3) is 0.182. The molecule has 3 rings (SSSR count). The molecule has 0 aliphatic rings. The molecule has 6 heteroatoms. The van der Waals surface area contributed by atoms with Gasteiger partial charge in [-0.3, -0.25) is 0 Å². The molecule has 0 unspecified atom stereocenters. The molecule has 0 heterocycles. The van der Waals surface area contributed by atoms with E-state index >= 15 is 0 Å². The van der Waals surface area contributed by atoms with E-state index in [4.69, 9.17) is 24.7 Å². The monoisotopic (exact) mass is 397 g/mol. The second-order valence-corrected chi connectivity index (χ2v) is 7.96. The van der Waals surface area contributed by atoms with Crippen molar-refractivity contribution in [3.63, 3.8) is 0 Å². The van der Waals surface area contributed by atoms with Crippen molar-refractivity contribution in [3.8, 4) is 23.0 Å². The Morgan fingerprint density at radius 2 is 0.964 bits per heavy atom. The fourth-order valence-electron chi connectivity index (χ4n) is 3.15. The van der Waals surface area contributed by atoms with Crippen LogP contribution in [-0.4, -0.2) is 28.4 Å². The molecule has 0 saturated carbocycles. The largest absolute Gasteiger partial charge is 0.496 e. The maximum Gasteiger partial charge on any atom is 0.130 e. The van der Waals surface area contributed by atoms with Crippen LogP contribution in [0.2, 0.25) is 0 Å². The van der Waals surface area contributed by atoms with Crippen LogP contribution in [0.1, 0.15) is 0 Å². The molecule has 2 N–H and O–H groups in total. The first-order valence-corrected chi connectivity index (χ1v) is 10.1. The zero-order chi connectivity index (χ0) is 20.1. The maximum absolute atomic E-state index is 6.42. The summed E-state index contributed by atoms with van der Waals surface area (Å²) >= 11 is 0. The molecular formula is C22H24NO4P. The van der Waals surface area contributed by atoms with Crippen molar-refractivity contribution in [3.05, 3.63) is 60.7 Å². The van der Waals surface area contributed by atoms with Crippen LogP contribution in [0.3, 0.4) is 0 Å². The van der Waals surface area contributed by atoms with E-state index in [2.05, 4.69) is 0 Å². The molecule has 0 aliphatic heterocycles. The predicted molar refractivity (Wildman–Crippen MR) is 116 cm³/mol. The molecule has 0 amide bonds. The Balaban J connectivity index is 2.43. The third-order valence-corrected chi connectivity index (χ3v) is 7.09. The van der Waals surface area contributed by atoms with Crippen LogP contribution in [0, 0.1) is 0 Å². The molecule has 3 aromatic carbocycles. The number of benzene rings is 3. The second-order valence-electron chi connectivity index (χ2n) is 5.92. The van der Waals surface area contributed by atoms with Crippen molar-refractivity contribution in [1.82, 2.24) is 0 Å². The molecule has 28 heavy (non-hydrogen) atoms. The van der Waals surface area contributed by atoms with Gasteiger partial charge in [0.05, 0.1) is 39.0 Å². The van der Waals surface area contributed by atoms with Crippen molar-refractivity contribution in [2.45, 2.75) is 0 Å². The first-order chi connectivity index (χ1) is 13.7. The van der Waals surface area contributed by atoms with Gasteiger partial charge in [-0.1, -0.05) is 30.3 Å². The summed E-state index contributed by atoms with van der Waals surface area (Å²) in [5.74, 6) is 2.90. The Bertz CT molecular complexity index is 861. The van der Waals surface area contributed by atoms with E-state index in [1.54, 1.807) is 28.4 Å². The van der Waals surface area contributed by atoms with Gasteiger partial charge in [-0.2, -0.15) is 0 Å². The Labute approximate surface area is 166 Å². The van der Waals surface area contributed by atoms with Gasteiger partial charge in [0.15, 0.2) is 0 Å². The quantitative estimate of drug-likeness (QED) is 0.490. The molecule has 0 atom stereocenters. The summed E-state index contributed by atoms with van der Waals surface area (Å²) in [4.78, 5) is 0. The fourth-order valence-corrected chi connectivity index (χ4v) is 5.97. The number of nitrogens with two attached hydrogens (primary N) is 1. The Morgan fingerprint density at radius 3 is 1.32 bits per heavy atom. The first-order valence-electron chi connectivity index (χ1n) is 8.72. The number of methoxy groups -OCH3 is 4. The third kappa shape index (κ3) is 3.58. The van der Waals surface area contributed by atoms with Gasteiger partial charge in [-0.15, -0.1) is 0 Å². The van der Waals surface area contributed by atoms with E-state index in [-0.39, 0.29) is 0 Å². The van der Waals surface area contributed by atoms with Crippen molar-refractivity contribution < 1.29 is 18.9 Å². The lowest BCUT2D eigenvalue weighted by Crippen LogP contribution is -2.27. The van der Waals surface area contributed by atoms with E-state index in [0.717, 1.165) is 38.9 Å². The van der Waals surface area contributed by atoms with Crippen molar-refractivity contribution in [2.75, 3.05) is 34.2 Å². The van der Waals surface area contributed by atoms with Crippen LogP contribution in [0.25, 0.3) is 0 Å². The molecule has 5 nitrogen and oxygen atoms in total. The summed E-state index contributed by atoms with van der Waals surface area (Å²) in [6.45, 7) is 0. The minimum Gasteiger partial charge on any atom is -0.496 e.